The van der Waals surface area contributed by atoms with Crippen LogP contribution < -0.4 is 5.73 Å². The van der Waals surface area contributed by atoms with Gasteiger partial charge in [0, 0.05) is 25.0 Å². The van der Waals surface area contributed by atoms with Crippen molar-refractivity contribution < 1.29 is 9.90 Å². The van der Waals surface area contributed by atoms with Crippen LogP contribution >= 0.6 is 12.4 Å². The second kappa shape index (κ2) is 9.13. The zero-order valence-corrected chi connectivity index (χ0v) is 14.0. The molecule has 0 bridgehead atoms. The number of carbonyl (C=O) groups excluding carboxylic acids is 1. The predicted molar refractivity (Wildman–Crippen MR) is 90.9 cm³/mol. The summed E-state index contributed by atoms with van der Waals surface area (Å²) in [5.41, 5.74) is 6.64. The van der Waals surface area contributed by atoms with E-state index in [-0.39, 0.29) is 30.4 Å². The minimum Gasteiger partial charge on any atom is -0.388 e. The Morgan fingerprint density at radius 3 is 2.73 bits per heavy atom. The van der Waals surface area contributed by atoms with Crippen molar-refractivity contribution >= 4 is 18.3 Å². The first kappa shape index (κ1) is 18.9. The molecule has 1 saturated heterocycles. The van der Waals surface area contributed by atoms with Gasteiger partial charge in [0.1, 0.15) is 0 Å². The number of carbonyl (C=O) groups is 1. The zero-order valence-electron chi connectivity index (χ0n) is 13.1. The maximum atomic E-state index is 12.3. The van der Waals surface area contributed by atoms with Crippen LogP contribution in [-0.2, 0) is 4.79 Å². The smallest absolute Gasteiger partial charge is 0.222 e. The summed E-state index contributed by atoms with van der Waals surface area (Å²) < 4.78 is 0. The van der Waals surface area contributed by atoms with Crippen LogP contribution in [0.5, 0.6) is 0 Å². The van der Waals surface area contributed by atoms with E-state index in [1.165, 1.54) is 0 Å². The molecule has 3 unspecified atom stereocenters. The van der Waals surface area contributed by atoms with Crippen molar-refractivity contribution in [3.8, 4) is 0 Å². The van der Waals surface area contributed by atoms with E-state index >= 15 is 0 Å². The van der Waals surface area contributed by atoms with E-state index < -0.39 is 6.10 Å². The summed E-state index contributed by atoms with van der Waals surface area (Å²) in [5.74, 6) is 0.176. The number of benzene rings is 1. The molecule has 2 rings (SSSR count). The lowest BCUT2D eigenvalue weighted by Crippen LogP contribution is -2.37. The number of nitrogens with zero attached hydrogens (tertiary/aromatic N) is 1. The normalized spacial score (nSPS) is 20.3. The fraction of sp³-hybridized carbons (Fsp3) is 0.588. The highest BCUT2D eigenvalue weighted by Crippen LogP contribution is 2.28. The monoisotopic (exact) mass is 326 g/mol. The molecule has 3 atom stereocenters. The van der Waals surface area contributed by atoms with Crippen LogP contribution in [0.3, 0.4) is 0 Å². The van der Waals surface area contributed by atoms with Crippen molar-refractivity contribution in [2.75, 3.05) is 6.54 Å². The lowest BCUT2D eigenvalue weighted by atomic mass is 10.0. The molecule has 1 heterocycles. The summed E-state index contributed by atoms with van der Waals surface area (Å²) in [4.78, 5) is 14.2. The molecule has 1 fully saturated rings. The molecule has 1 amide bonds. The Hall–Kier alpha value is -1.10. The van der Waals surface area contributed by atoms with Crippen LogP contribution in [0.1, 0.15) is 50.7 Å². The number of nitrogens with two attached hydrogens (primary N) is 1. The van der Waals surface area contributed by atoms with Crippen molar-refractivity contribution in [2.24, 2.45) is 5.73 Å². The van der Waals surface area contributed by atoms with E-state index in [1.807, 2.05) is 42.2 Å². The van der Waals surface area contributed by atoms with Crippen molar-refractivity contribution in [1.82, 2.24) is 4.90 Å². The van der Waals surface area contributed by atoms with E-state index in [2.05, 4.69) is 0 Å². The second-order valence-corrected chi connectivity index (χ2v) is 6.06. The third-order valence-corrected chi connectivity index (χ3v) is 4.19. The Balaban J connectivity index is 0.00000242. The third-order valence-electron chi connectivity index (χ3n) is 4.19. The van der Waals surface area contributed by atoms with Crippen molar-refractivity contribution in [3.63, 3.8) is 0 Å². The van der Waals surface area contributed by atoms with Gasteiger partial charge < -0.3 is 15.7 Å². The largest absolute Gasteiger partial charge is 0.388 e. The highest BCUT2D eigenvalue weighted by Gasteiger charge is 2.30. The molecule has 1 aliphatic heterocycles. The summed E-state index contributed by atoms with van der Waals surface area (Å²) in [6.45, 7) is 2.73. The third kappa shape index (κ3) is 5.27. The molecule has 1 aliphatic rings. The van der Waals surface area contributed by atoms with Crippen LogP contribution in [0.15, 0.2) is 30.3 Å². The Kier molecular flexibility index (Phi) is 7.87. The van der Waals surface area contributed by atoms with E-state index in [4.69, 9.17) is 5.73 Å². The quantitative estimate of drug-likeness (QED) is 0.844. The average molecular weight is 327 g/mol. The molecule has 0 aliphatic carbocycles. The summed E-state index contributed by atoms with van der Waals surface area (Å²) in [5, 5.41) is 10.3. The van der Waals surface area contributed by atoms with Gasteiger partial charge in [-0.2, -0.15) is 0 Å². The van der Waals surface area contributed by atoms with Gasteiger partial charge in [-0.1, -0.05) is 30.3 Å². The highest BCUT2D eigenvalue weighted by molar-refractivity contribution is 5.85. The standard InChI is InChI=1S/C17H26N2O2.ClH/c1-13(18)9-10-17(21)19-11-5-8-15(19)12-16(20)14-6-3-2-4-7-14;/h2-4,6-7,13,15-16,20H,5,8-12,18H2,1H3;1H. The van der Waals surface area contributed by atoms with Gasteiger partial charge in [-0.25, -0.2) is 0 Å². The van der Waals surface area contributed by atoms with E-state index in [1.54, 1.807) is 0 Å². The maximum Gasteiger partial charge on any atom is 0.222 e. The van der Waals surface area contributed by atoms with Gasteiger partial charge in [-0.05, 0) is 38.2 Å². The molecule has 0 radical (unpaired) electrons. The lowest BCUT2D eigenvalue weighted by Gasteiger charge is -2.27. The fourth-order valence-electron chi connectivity index (χ4n) is 2.97. The second-order valence-electron chi connectivity index (χ2n) is 6.06. The Bertz CT molecular complexity index is 453. The number of likely N-dealkylation sites (tertiary alicyclic amines) is 1. The Labute approximate surface area is 139 Å². The number of amides is 1. The molecule has 3 N–H and O–H groups in total. The first-order valence-electron chi connectivity index (χ1n) is 7.86. The molecule has 124 valence electrons. The van der Waals surface area contributed by atoms with Crippen LogP contribution in [0.25, 0.3) is 0 Å². The molecular formula is C17H27ClN2O2. The first-order chi connectivity index (χ1) is 10.1. The summed E-state index contributed by atoms with van der Waals surface area (Å²) in [7, 11) is 0. The van der Waals surface area contributed by atoms with E-state index in [0.717, 1.165) is 31.4 Å². The number of aliphatic hydroxyl groups excluding tert-OH is 1. The number of halogens is 1. The van der Waals surface area contributed by atoms with Crippen LogP contribution in [-0.4, -0.2) is 34.5 Å². The molecular weight excluding hydrogens is 300 g/mol. The zero-order chi connectivity index (χ0) is 15.2. The summed E-state index contributed by atoms with van der Waals surface area (Å²) >= 11 is 0. The van der Waals surface area contributed by atoms with E-state index in [0.29, 0.717) is 12.8 Å². The molecule has 5 heteroatoms. The van der Waals surface area contributed by atoms with E-state index in [9.17, 15) is 9.90 Å². The number of hydrogen-bond donors (Lipinski definition) is 2. The van der Waals surface area contributed by atoms with Gasteiger partial charge in [-0.3, -0.25) is 4.79 Å². The summed E-state index contributed by atoms with van der Waals surface area (Å²) in [6, 6.07) is 9.88. The van der Waals surface area contributed by atoms with Crippen LogP contribution in [0.4, 0.5) is 0 Å². The average Bonchev–Trinajstić information content (AvgIpc) is 2.93. The minimum atomic E-state index is -0.502. The van der Waals surface area contributed by atoms with Crippen molar-refractivity contribution in [3.05, 3.63) is 35.9 Å². The molecule has 0 spiro atoms. The Morgan fingerprint density at radius 1 is 1.41 bits per heavy atom. The maximum absolute atomic E-state index is 12.3. The predicted octanol–water partition coefficient (Wildman–Crippen LogP) is 2.65. The van der Waals surface area contributed by atoms with Crippen molar-refractivity contribution in [1.29, 1.82) is 0 Å². The van der Waals surface area contributed by atoms with Gasteiger partial charge in [-0.15, -0.1) is 12.4 Å². The molecule has 22 heavy (non-hydrogen) atoms. The topological polar surface area (TPSA) is 66.6 Å². The number of hydrogen-bond acceptors (Lipinski definition) is 3. The minimum absolute atomic E-state index is 0. The SMILES string of the molecule is CC(N)CCC(=O)N1CCCC1CC(O)c1ccccc1.Cl. The molecule has 0 aromatic heterocycles. The molecule has 4 nitrogen and oxygen atoms in total. The van der Waals surface area contributed by atoms with Crippen LogP contribution in [0, 0.1) is 0 Å². The van der Waals surface area contributed by atoms with Gasteiger partial charge in [0.05, 0.1) is 6.10 Å². The fourth-order valence-corrected chi connectivity index (χ4v) is 2.97. The van der Waals surface area contributed by atoms with Gasteiger partial charge in [0.2, 0.25) is 5.91 Å². The van der Waals surface area contributed by atoms with Gasteiger partial charge in [0.25, 0.3) is 0 Å². The molecule has 1 aromatic carbocycles. The number of aliphatic hydroxyl groups is 1. The first-order valence-corrected chi connectivity index (χ1v) is 7.86. The molecule has 1 aromatic rings. The highest BCUT2D eigenvalue weighted by atomic mass is 35.5. The summed E-state index contributed by atoms with van der Waals surface area (Å²) in [6.07, 6.45) is 3.36. The Morgan fingerprint density at radius 2 is 2.09 bits per heavy atom. The van der Waals surface area contributed by atoms with Crippen molar-refractivity contribution in [2.45, 2.75) is 57.2 Å². The van der Waals surface area contributed by atoms with Gasteiger partial charge >= 0.3 is 0 Å². The lowest BCUT2D eigenvalue weighted by molar-refractivity contribution is -0.132. The number of rotatable bonds is 6. The molecule has 0 saturated carbocycles. The van der Waals surface area contributed by atoms with Gasteiger partial charge in [0.15, 0.2) is 0 Å². The van der Waals surface area contributed by atoms with Crippen LogP contribution in [0.2, 0.25) is 0 Å².